The number of aliphatic hydroxyl groups excluding tert-OH is 2. The van der Waals surface area contributed by atoms with E-state index in [1.807, 2.05) is 0 Å². The average molecular weight is 598 g/mol. The van der Waals surface area contributed by atoms with Gasteiger partial charge in [0.2, 0.25) is 17.7 Å². The molecule has 1 fully saturated rings. The fourth-order valence-corrected chi connectivity index (χ4v) is 4.74. The molecule has 2 aromatic carbocycles. The third-order valence-electron chi connectivity index (χ3n) is 6.99. The number of ether oxygens (including phenoxy) is 1. The van der Waals surface area contributed by atoms with Crippen LogP contribution in [0.5, 0.6) is 0 Å². The van der Waals surface area contributed by atoms with Gasteiger partial charge < -0.3 is 41.5 Å². The number of carbonyl (C=O) groups excluding carboxylic acids is 5. The second-order valence-corrected chi connectivity index (χ2v) is 10.5. The molecule has 1 saturated heterocycles. The summed E-state index contributed by atoms with van der Waals surface area (Å²) in [4.78, 5) is 65.1. The number of nitrogens with one attached hydrogen (secondary N) is 3. The van der Waals surface area contributed by atoms with Gasteiger partial charge in [0.15, 0.2) is 6.10 Å². The summed E-state index contributed by atoms with van der Waals surface area (Å²) in [7, 11) is 0. The third-order valence-corrected chi connectivity index (χ3v) is 6.99. The van der Waals surface area contributed by atoms with Crippen LogP contribution in [0, 0.1) is 0 Å². The summed E-state index contributed by atoms with van der Waals surface area (Å²) in [5.41, 5.74) is 6.73. The predicted molar refractivity (Wildman–Crippen MR) is 155 cm³/mol. The van der Waals surface area contributed by atoms with E-state index in [2.05, 4.69) is 16.0 Å². The minimum atomic E-state index is -1.77. The van der Waals surface area contributed by atoms with E-state index in [9.17, 15) is 34.2 Å². The number of likely N-dealkylation sites (tertiary alicyclic amines) is 1. The number of carbonyl (C=O) groups is 5. The second kappa shape index (κ2) is 16.2. The van der Waals surface area contributed by atoms with Crippen molar-refractivity contribution in [2.24, 2.45) is 5.73 Å². The van der Waals surface area contributed by atoms with Crippen LogP contribution in [0.3, 0.4) is 0 Å². The summed E-state index contributed by atoms with van der Waals surface area (Å²) in [6, 6.07) is 13.6. The van der Waals surface area contributed by atoms with Gasteiger partial charge in [-0.25, -0.2) is 4.79 Å². The zero-order chi connectivity index (χ0) is 31.4. The van der Waals surface area contributed by atoms with E-state index in [0.717, 1.165) is 0 Å². The normalized spacial score (nSPS) is 17.2. The number of hydrogen-bond donors (Lipinski definition) is 6. The lowest BCUT2D eigenvalue weighted by Crippen LogP contribution is -2.59. The number of rotatable bonds is 14. The standard InChI is InChI=1S/C30H39N5O8/c1-19(17-36)32-28(40)24-13-8-14-35(24)29(41)26(38)22(15-20-9-4-2-5-10-20)33-27(39)23(16-25(31)37)34-30(42)43-18-21-11-6-3-7-12-21/h2-7,9-12,19,22-24,26,36,38H,8,13-18H2,1H3,(H2,31,37)(H,32,40)(H,33,39)(H,34,42)/t19-,22-,23-,24-,26?/m0/s1. The molecule has 13 nitrogen and oxygen atoms in total. The highest BCUT2D eigenvalue weighted by molar-refractivity contribution is 5.93. The van der Waals surface area contributed by atoms with Crippen molar-refractivity contribution in [3.05, 3.63) is 71.8 Å². The minimum absolute atomic E-state index is 0.0213. The van der Waals surface area contributed by atoms with Gasteiger partial charge in [0.25, 0.3) is 5.91 Å². The molecule has 7 N–H and O–H groups in total. The smallest absolute Gasteiger partial charge is 0.408 e. The summed E-state index contributed by atoms with van der Waals surface area (Å²) < 4.78 is 5.17. The van der Waals surface area contributed by atoms with Gasteiger partial charge in [0, 0.05) is 12.6 Å². The Morgan fingerprint density at radius 1 is 0.977 bits per heavy atom. The van der Waals surface area contributed by atoms with E-state index in [-0.39, 0.29) is 26.2 Å². The van der Waals surface area contributed by atoms with Crippen LogP contribution in [0.1, 0.15) is 37.3 Å². The Bertz CT molecular complexity index is 1250. The first-order valence-electron chi connectivity index (χ1n) is 14.1. The Labute approximate surface area is 249 Å². The molecule has 2 aromatic rings. The molecule has 5 atom stereocenters. The van der Waals surface area contributed by atoms with Gasteiger partial charge in [-0.1, -0.05) is 60.7 Å². The predicted octanol–water partition coefficient (Wildman–Crippen LogP) is -0.267. The summed E-state index contributed by atoms with van der Waals surface area (Å²) in [5, 5.41) is 28.1. The fraction of sp³-hybridized carbons (Fsp3) is 0.433. The number of primary amides is 1. The molecule has 232 valence electrons. The van der Waals surface area contributed by atoms with Crippen molar-refractivity contribution in [3.63, 3.8) is 0 Å². The molecule has 0 aromatic heterocycles. The quantitative estimate of drug-likeness (QED) is 0.171. The lowest BCUT2D eigenvalue weighted by Gasteiger charge is -2.31. The van der Waals surface area contributed by atoms with E-state index in [0.29, 0.717) is 24.0 Å². The van der Waals surface area contributed by atoms with Gasteiger partial charge in [-0.05, 0) is 37.3 Å². The molecule has 5 amide bonds. The number of benzene rings is 2. The molecule has 1 aliphatic heterocycles. The maximum absolute atomic E-state index is 13.5. The first kappa shape index (κ1) is 33.0. The van der Waals surface area contributed by atoms with Crippen molar-refractivity contribution < 1.29 is 38.9 Å². The Kier molecular flexibility index (Phi) is 12.5. The van der Waals surface area contributed by atoms with Gasteiger partial charge in [-0.3, -0.25) is 19.2 Å². The van der Waals surface area contributed by atoms with Crippen molar-refractivity contribution in [2.75, 3.05) is 13.2 Å². The highest BCUT2D eigenvalue weighted by Gasteiger charge is 2.40. The van der Waals surface area contributed by atoms with Crippen LogP contribution in [-0.4, -0.2) is 88.3 Å². The van der Waals surface area contributed by atoms with Gasteiger partial charge >= 0.3 is 6.09 Å². The summed E-state index contributed by atoms with van der Waals surface area (Å²) >= 11 is 0. The number of nitrogens with zero attached hydrogens (tertiary/aromatic N) is 1. The summed E-state index contributed by atoms with van der Waals surface area (Å²) in [6.07, 6.45) is -2.39. The topological polar surface area (TPSA) is 200 Å². The monoisotopic (exact) mass is 597 g/mol. The molecule has 0 spiro atoms. The molecule has 1 unspecified atom stereocenters. The van der Waals surface area contributed by atoms with Crippen molar-refractivity contribution in [2.45, 2.75) is 69.5 Å². The number of alkyl carbamates (subject to hydrolysis) is 1. The number of nitrogens with two attached hydrogens (primary N) is 1. The number of hydrogen-bond acceptors (Lipinski definition) is 8. The van der Waals surface area contributed by atoms with Crippen molar-refractivity contribution in [1.82, 2.24) is 20.9 Å². The molecule has 3 rings (SSSR count). The molecule has 1 aliphatic rings. The highest BCUT2D eigenvalue weighted by atomic mass is 16.5. The highest BCUT2D eigenvalue weighted by Crippen LogP contribution is 2.20. The van der Waals surface area contributed by atoms with Crippen molar-refractivity contribution in [1.29, 1.82) is 0 Å². The van der Waals surface area contributed by atoms with E-state index in [1.54, 1.807) is 67.6 Å². The minimum Gasteiger partial charge on any atom is -0.445 e. The van der Waals surface area contributed by atoms with Crippen LogP contribution in [0.15, 0.2) is 60.7 Å². The summed E-state index contributed by atoms with van der Waals surface area (Å²) in [6.45, 7) is 1.48. The molecule has 0 radical (unpaired) electrons. The molecule has 43 heavy (non-hydrogen) atoms. The first-order chi connectivity index (χ1) is 20.6. The van der Waals surface area contributed by atoms with Crippen LogP contribution in [0.2, 0.25) is 0 Å². The van der Waals surface area contributed by atoms with E-state index in [4.69, 9.17) is 10.5 Å². The molecule has 0 bridgehead atoms. The van der Waals surface area contributed by atoms with Crippen molar-refractivity contribution in [3.8, 4) is 0 Å². The maximum Gasteiger partial charge on any atom is 0.408 e. The largest absolute Gasteiger partial charge is 0.445 e. The molecular weight excluding hydrogens is 558 g/mol. The molecule has 0 aliphatic carbocycles. The maximum atomic E-state index is 13.5. The van der Waals surface area contributed by atoms with E-state index in [1.165, 1.54) is 4.90 Å². The van der Waals surface area contributed by atoms with Gasteiger partial charge in [-0.2, -0.15) is 0 Å². The molecule has 1 heterocycles. The lowest BCUT2D eigenvalue weighted by atomic mass is 9.99. The Morgan fingerprint density at radius 2 is 1.60 bits per heavy atom. The zero-order valence-corrected chi connectivity index (χ0v) is 24.0. The molecular formula is C30H39N5O8. The summed E-state index contributed by atoms with van der Waals surface area (Å²) in [5.74, 6) is -2.96. The van der Waals surface area contributed by atoms with Crippen LogP contribution >= 0.6 is 0 Å². The SMILES string of the molecule is C[C@@H](CO)NC(=O)[C@@H]1CCCN1C(=O)C(O)[C@H](Cc1ccccc1)NC(=O)[C@H](CC(N)=O)NC(=O)OCc1ccccc1. The number of amides is 5. The Morgan fingerprint density at radius 3 is 2.21 bits per heavy atom. The number of aliphatic hydroxyl groups is 2. The van der Waals surface area contributed by atoms with Crippen LogP contribution in [0.25, 0.3) is 0 Å². The lowest BCUT2D eigenvalue weighted by molar-refractivity contribution is -0.147. The Hall–Kier alpha value is -4.49. The van der Waals surface area contributed by atoms with Gasteiger partial charge in [0.1, 0.15) is 18.7 Å². The fourth-order valence-electron chi connectivity index (χ4n) is 4.74. The van der Waals surface area contributed by atoms with Gasteiger partial charge in [0.05, 0.1) is 19.1 Å². The van der Waals surface area contributed by atoms with Crippen LogP contribution in [-0.2, 0) is 36.9 Å². The third kappa shape index (κ3) is 10.1. The Balaban J connectivity index is 1.75. The second-order valence-electron chi connectivity index (χ2n) is 10.5. The average Bonchev–Trinajstić information content (AvgIpc) is 3.49. The molecule has 0 saturated carbocycles. The first-order valence-corrected chi connectivity index (χ1v) is 14.1. The van der Waals surface area contributed by atoms with Crippen LogP contribution in [0.4, 0.5) is 4.79 Å². The molecule has 13 heteroatoms. The van der Waals surface area contributed by atoms with E-state index >= 15 is 0 Å². The van der Waals surface area contributed by atoms with Crippen molar-refractivity contribution >= 4 is 29.7 Å². The van der Waals surface area contributed by atoms with Crippen LogP contribution < -0.4 is 21.7 Å². The van der Waals surface area contributed by atoms with E-state index < -0.39 is 66.4 Å². The zero-order valence-electron chi connectivity index (χ0n) is 24.0. The van der Waals surface area contributed by atoms with Gasteiger partial charge in [-0.15, -0.1) is 0 Å².